The van der Waals surface area contributed by atoms with E-state index in [4.69, 9.17) is 11.6 Å². The zero-order valence-corrected chi connectivity index (χ0v) is 12.9. The molecule has 0 saturated carbocycles. The third-order valence-electron chi connectivity index (χ3n) is 3.04. The zero-order valence-electron chi connectivity index (χ0n) is 12.1. The lowest BCUT2D eigenvalue weighted by molar-refractivity contribution is 0.591. The van der Waals surface area contributed by atoms with Crippen LogP contribution < -0.4 is 5.32 Å². The first kappa shape index (κ1) is 14.8. The molecule has 2 rings (SSSR count). The molecule has 0 amide bonds. The first-order valence-corrected chi connectivity index (χ1v) is 7.21. The van der Waals surface area contributed by atoms with Crippen molar-refractivity contribution >= 4 is 17.4 Å². The molecule has 2 heterocycles. The fourth-order valence-electron chi connectivity index (χ4n) is 1.82. The average molecular weight is 294 g/mol. The van der Waals surface area contributed by atoms with Crippen LogP contribution in [0.25, 0.3) is 0 Å². The van der Waals surface area contributed by atoms with Gasteiger partial charge in [-0.15, -0.1) is 0 Å². The first-order valence-electron chi connectivity index (χ1n) is 6.83. The molecular weight excluding hydrogens is 274 g/mol. The molecule has 0 spiro atoms. The molecule has 6 heteroatoms. The third kappa shape index (κ3) is 3.70. The summed E-state index contributed by atoms with van der Waals surface area (Å²) in [6, 6.07) is 1.93. The van der Waals surface area contributed by atoms with Crippen LogP contribution in [0.2, 0.25) is 5.15 Å². The molecule has 5 nitrogen and oxygen atoms in total. The van der Waals surface area contributed by atoms with E-state index in [0.717, 1.165) is 36.7 Å². The Kier molecular flexibility index (Phi) is 4.95. The standard InChI is InChI=1S/C14H20ClN5/c1-10(2)13-18-12(15)11(3)14(19-13)16-6-4-8-20-9-5-7-17-20/h5,7,9-10H,4,6,8H2,1-3H3,(H,16,18,19). The van der Waals surface area contributed by atoms with Crippen molar-refractivity contribution in [3.05, 3.63) is 35.0 Å². The fourth-order valence-corrected chi connectivity index (χ4v) is 1.99. The lowest BCUT2D eigenvalue weighted by Crippen LogP contribution is -2.11. The van der Waals surface area contributed by atoms with E-state index in [9.17, 15) is 0 Å². The maximum Gasteiger partial charge on any atom is 0.137 e. The van der Waals surface area contributed by atoms with E-state index in [-0.39, 0.29) is 5.92 Å². The van der Waals surface area contributed by atoms with Gasteiger partial charge in [0.15, 0.2) is 0 Å². The van der Waals surface area contributed by atoms with Gasteiger partial charge in [0.25, 0.3) is 0 Å². The Morgan fingerprint density at radius 2 is 2.15 bits per heavy atom. The van der Waals surface area contributed by atoms with Crippen molar-refractivity contribution in [2.75, 3.05) is 11.9 Å². The number of aromatic nitrogens is 4. The Hall–Kier alpha value is -1.62. The molecule has 0 aromatic carbocycles. The molecular formula is C14H20ClN5. The van der Waals surface area contributed by atoms with Crippen LogP contribution in [-0.2, 0) is 6.54 Å². The average Bonchev–Trinajstić information content (AvgIpc) is 2.92. The van der Waals surface area contributed by atoms with E-state index in [1.807, 2.05) is 23.9 Å². The van der Waals surface area contributed by atoms with Crippen LogP contribution in [0.5, 0.6) is 0 Å². The van der Waals surface area contributed by atoms with Gasteiger partial charge in [-0.25, -0.2) is 9.97 Å². The van der Waals surface area contributed by atoms with E-state index >= 15 is 0 Å². The Balaban J connectivity index is 1.94. The molecule has 1 N–H and O–H groups in total. The summed E-state index contributed by atoms with van der Waals surface area (Å²) in [6.45, 7) is 7.76. The van der Waals surface area contributed by atoms with Gasteiger partial charge in [0.1, 0.15) is 16.8 Å². The van der Waals surface area contributed by atoms with Crippen LogP contribution in [0, 0.1) is 6.92 Å². The highest BCUT2D eigenvalue weighted by Crippen LogP contribution is 2.22. The van der Waals surface area contributed by atoms with E-state index in [1.54, 1.807) is 6.20 Å². The van der Waals surface area contributed by atoms with E-state index in [2.05, 4.69) is 34.2 Å². The molecule has 0 unspecified atom stereocenters. The number of hydrogen-bond acceptors (Lipinski definition) is 4. The highest BCUT2D eigenvalue weighted by Gasteiger charge is 2.11. The van der Waals surface area contributed by atoms with Crippen molar-refractivity contribution in [2.24, 2.45) is 0 Å². The third-order valence-corrected chi connectivity index (χ3v) is 3.40. The molecule has 108 valence electrons. The molecule has 0 aliphatic carbocycles. The SMILES string of the molecule is Cc1c(Cl)nc(C(C)C)nc1NCCCn1cccn1. The maximum absolute atomic E-state index is 6.15. The number of aryl methyl sites for hydroxylation is 1. The van der Waals surface area contributed by atoms with Crippen molar-refractivity contribution in [1.29, 1.82) is 0 Å². The number of rotatable bonds is 6. The second-order valence-corrected chi connectivity index (χ2v) is 5.41. The van der Waals surface area contributed by atoms with Crippen molar-refractivity contribution in [1.82, 2.24) is 19.7 Å². The van der Waals surface area contributed by atoms with Crippen molar-refractivity contribution in [3.63, 3.8) is 0 Å². The monoisotopic (exact) mass is 293 g/mol. The first-order chi connectivity index (χ1) is 9.58. The van der Waals surface area contributed by atoms with Gasteiger partial charge < -0.3 is 5.32 Å². The van der Waals surface area contributed by atoms with E-state index in [1.165, 1.54) is 0 Å². The van der Waals surface area contributed by atoms with Gasteiger partial charge in [0, 0.05) is 37.0 Å². The highest BCUT2D eigenvalue weighted by atomic mass is 35.5. The molecule has 0 aliphatic heterocycles. The normalized spacial score (nSPS) is 11.1. The van der Waals surface area contributed by atoms with Crippen molar-refractivity contribution in [2.45, 2.75) is 39.7 Å². The van der Waals surface area contributed by atoms with Crippen LogP contribution >= 0.6 is 11.6 Å². The van der Waals surface area contributed by atoms with Crippen LogP contribution in [0.15, 0.2) is 18.5 Å². The Morgan fingerprint density at radius 1 is 1.35 bits per heavy atom. The minimum Gasteiger partial charge on any atom is -0.370 e. The number of hydrogen-bond donors (Lipinski definition) is 1. The van der Waals surface area contributed by atoms with Gasteiger partial charge in [0.2, 0.25) is 0 Å². The van der Waals surface area contributed by atoms with Gasteiger partial charge in [-0.3, -0.25) is 4.68 Å². The Labute approximate surface area is 124 Å². The molecule has 20 heavy (non-hydrogen) atoms. The van der Waals surface area contributed by atoms with Gasteiger partial charge in [-0.05, 0) is 19.4 Å². The minimum atomic E-state index is 0.262. The topological polar surface area (TPSA) is 55.6 Å². The molecule has 2 aromatic rings. The number of nitrogens with zero attached hydrogens (tertiary/aromatic N) is 4. The summed E-state index contributed by atoms with van der Waals surface area (Å²) >= 11 is 6.15. The number of nitrogens with one attached hydrogen (secondary N) is 1. The van der Waals surface area contributed by atoms with E-state index < -0.39 is 0 Å². The molecule has 0 bridgehead atoms. The fraction of sp³-hybridized carbons (Fsp3) is 0.500. The van der Waals surface area contributed by atoms with E-state index in [0.29, 0.717) is 5.15 Å². The maximum atomic E-state index is 6.15. The predicted molar refractivity (Wildman–Crippen MR) is 81.2 cm³/mol. The minimum absolute atomic E-state index is 0.262. The van der Waals surface area contributed by atoms with Gasteiger partial charge in [0.05, 0.1) is 0 Å². The summed E-state index contributed by atoms with van der Waals surface area (Å²) in [7, 11) is 0. The number of anilines is 1. The van der Waals surface area contributed by atoms with Crippen LogP contribution in [-0.4, -0.2) is 26.3 Å². The second kappa shape index (κ2) is 6.70. The molecule has 0 atom stereocenters. The molecule has 0 aliphatic rings. The van der Waals surface area contributed by atoms with Gasteiger partial charge >= 0.3 is 0 Å². The molecule has 2 aromatic heterocycles. The highest BCUT2D eigenvalue weighted by molar-refractivity contribution is 6.30. The number of halogens is 1. The molecule has 0 saturated heterocycles. The summed E-state index contributed by atoms with van der Waals surface area (Å²) in [4.78, 5) is 8.84. The summed E-state index contributed by atoms with van der Waals surface area (Å²) in [5.74, 6) is 1.86. The smallest absolute Gasteiger partial charge is 0.137 e. The van der Waals surface area contributed by atoms with Crippen molar-refractivity contribution in [3.8, 4) is 0 Å². The zero-order chi connectivity index (χ0) is 14.5. The van der Waals surface area contributed by atoms with Crippen LogP contribution in [0.3, 0.4) is 0 Å². The van der Waals surface area contributed by atoms with Crippen LogP contribution in [0.4, 0.5) is 5.82 Å². The lowest BCUT2D eigenvalue weighted by atomic mass is 10.2. The quantitative estimate of drug-likeness (QED) is 0.656. The second-order valence-electron chi connectivity index (χ2n) is 5.05. The largest absolute Gasteiger partial charge is 0.370 e. The molecule has 0 fully saturated rings. The summed E-state index contributed by atoms with van der Waals surface area (Å²) in [5, 5.41) is 8.03. The van der Waals surface area contributed by atoms with Gasteiger partial charge in [-0.1, -0.05) is 25.4 Å². The lowest BCUT2D eigenvalue weighted by Gasteiger charge is -2.12. The molecule has 0 radical (unpaired) electrons. The van der Waals surface area contributed by atoms with Crippen LogP contribution in [0.1, 0.15) is 37.6 Å². The van der Waals surface area contributed by atoms with Crippen molar-refractivity contribution < 1.29 is 0 Å². The van der Waals surface area contributed by atoms with Gasteiger partial charge in [-0.2, -0.15) is 5.10 Å². The summed E-state index contributed by atoms with van der Waals surface area (Å²) < 4.78 is 1.92. The predicted octanol–water partition coefficient (Wildman–Crippen LogP) is 3.26. The summed E-state index contributed by atoms with van der Waals surface area (Å²) in [5.41, 5.74) is 0.898. The Morgan fingerprint density at radius 3 is 2.80 bits per heavy atom. The summed E-state index contributed by atoms with van der Waals surface area (Å²) in [6.07, 6.45) is 4.72. The Bertz CT molecular complexity index is 551.